The number of halogens is 1. The van der Waals surface area contributed by atoms with Crippen molar-refractivity contribution in [3.05, 3.63) is 71.8 Å². The molecular weight excluding hydrogens is 287 g/mol. The quantitative estimate of drug-likeness (QED) is 0.768. The second kappa shape index (κ2) is 6.66. The molecule has 23 heavy (non-hydrogen) atoms. The van der Waals surface area contributed by atoms with E-state index in [4.69, 9.17) is 0 Å². The van der Waals surface area contributed by atoms with Crippen LogP contribution in [0.25, 0.3) is 5.70 Å². The van der Waals surface area contributed by atoms with Gasteiger partial charge in [0.2, 0.25) is 0 Å². The normalized spacial score (nSPS) is 10.7. The first-order chi connectivity index (χ1) is 10.8. The fourth-order valence-corrected chi connectivity index (χ4v) is 1.89. The monoisotopic (exact) mass is 308 g/mol. The molecular formula is C20H21FN2. The lowest BCUT2D eigenvalue weighted by molar-refractivity contribution is 0.266. The van der Waals surface area contributed by atoms with Gasteiger partial charge in [-0.1, -0.05) is 18.4 Å². The van der Waals surface area contributed by atoms with E-state index in [1.165, 1.54) is 12.1 Å². The van der Waals surface area contributed by atoms with E-state index < -0.39 is 0 Å². The molecule has 0 amide bonds. The van der Waals surface area contributed by atoms with Crippen LogP contribution in [0.3, 0.4) is 0 Å². The van der Waals surface area contributed by atoms with Gasteiger partial charge in [-0.15, -0.1) is 0 Å². The average Bonchev–Trinajstić information content (AvgIpc) is 2.52. The van der Waals surface area contributed by atoms with Gasteiger partial charge in [0.05, 0.1) is 11.4 Å². The number of rotatable bonds is 2. The summed E-state index contributed by atoms with van der Waals surface area (Å²) in [6.45, 7) is 10.5. The molecule has 0 aliphatic carbocycles. The Morgan fingerprint density at radius 2 is 1.61 bits per heavy atom. The van der Waals surface area contributed by atoms with Crippen molar-refractivity contribution in [2.45, 2.75) is 26.3 Å². The van der Waals surface area contributed by atoms with Crippen molar-refractivity contribution in [2.75, 3.05) is 7.05 Å². The lowest BCUT2D eigenvalue weighted by Gasteiger charge is -2.35. The smallest absolute Gasteiger partial charge is 0.123 e. The van der Waals surface area contributed by atoms with Crippen LogP contribution in [0.1, 0.15) is 37.6 Å². The van der Waals surface area contributed by atoms with Crippen LogP contribution in [0, 0.1) is 17.7 Å². The fraction of sp³-hybridized carbons (Fsp3) is 0.250. The zero-order valence-electron chi connectivity index (χ0n) is 14.0. The second-order valence-electron chi connectivity index (χ2n) is 6.37. The Labute approximate surface area is 137 Å². The summed E-state index contributed by atoms with van der Waals surface area (Å²) < 4.78 is 12.8. The molecule has 0 saturated heterocycles. The van der Waals surface area contributed by atoms with Crippen molar-refractivity contribution in [2.24, 2.45) is 0 Å². The van der Waals surface area contributed by atoms with Gasteiger partial charge in [-0.05, 0) is 57.2 Å². The Hall–Kier alpha value is -2.60. The van der Waals surface area contributed by atoms with Gasteiger partial charge >= 0.3 is 0 Å². The van der Waals surface area contributed by atoms with Gasteiger partial charge < -0.3 is 4.90 Å². The first kappa shape index (κ1) is 16.8. The van der Waals surface area contributed by atoms with Crippen molar-refractivity contribution >= 4 is 5.70 Å². The van der Waals surface area contributed by atoms with Crippen molar-refractivity contribution in [3.63, 3.8) is 0 Å². The van der Waals surface area contributed by atoms with Crippen molar-refractivity contribution in [3.8, 4) is 11.8 Å². The van der Waals surface area contributed by atoms with Crippen LogP contribution < -0.4 is 0 Å². The van der Waals surface area contributed by atoms with E-state index in [-0.39, 0.29) is 11.4 Å². The number of nitrogens with zero attached hydrogens (tertiary/aromatic N) is 2. The lowest BCUT2D eigenvalue weighted by Crippen LogP contribution is -2.36. The van der Waals surface area contributed by atoms with Gasteiger partial charge in [-0.25, -0.2) is 4.39 Å². The molecule has 2 rings (SSSR count). The Balaban J connectivity index is 2.14. The summed E-state index contributed by atoms with van der Waals surface area (Å²) in [7, 11) is 2.01. The molecule has 0 fully saturated rings. The number of hydrogen-bond acceptors (Lipinski definition) is 2. The van der Waals surface area contributed by atoms with Crippen LogP contribution in [-0.4, -0.2) is 22.5 Å². The molecule has 1 aromatic carbocycles. The van der Waals surface area contributed by atoms with E-state index in [9.17, 15) is 4.39 Å². The highest BCUT2D eigenvalue weighted by Gasteiger charge is 2.19. The maximum absolute atomic E-state index is 12.8. The Kier molecular flexibility index (Phi) is 4.86. The summed E-state index contributed by atoms with van der Waals surface area (Å²) in [5.74, 6) is 5.76. The fourth-order valence-electron chi connectivity index (χ4n) is 1.89. The van der Waals surface area contributed by atoms with Gasteiger partial charge in [-0.2, -0.15) is 0 Å². The summed E-state index contributed by atoms with van der Waals surface area (Å²) >= 11 is 0. The molecule has 0 unspecified atom stereocenters. The Morgan fingerprint density at radius 3 is 2.13 bits per heavy atom. The zero-order valence-corrected chi connectivity index (χ0v) is 14.0. The molecule has 0 saturated carbocycles. The molecule has 2 aromatic rings. The van der Waals surface area contributed by atoms with Crippen LogP contribution in [-0.2, 0) is 0 Å². The molecule has 0 bridgehead atoms. The topological polar surface area (TPSA) is 16.1 Å². The van der Waals surface area contributed by atoms with E-state index in [2.05, 4.69) is 49.1 Å². The Morgan fingerprint density at radius 1 is 1.04 bits per heavy atom. The Bertz CT molecular complexity index is 741. The lowest BCUT2D eigenvalue weighted by atomic mass is 10.1. The van der Waals surface area contributed by atoms with Crippen LogP contribution in [0.5, 0.6) is 0 Å². The van der Waals surface area contributed by atoms with Gasteiger partial charge in [0.25, 0.3) is 0 Å². The number of pyridine rings is 1. The van der Waals surface area contributed by atoms with Crippen LogP contribution in [0.15, 0.2) is 49.2 Å². The third-order valence-electron chi connectivity index (χ3n) is 3.67. The summed E-state index contributed by atoms with van der Waals surface area (Å²) in [4.78, 5) is 6.53. The van der Waals surface area contributed by atoms with E-state index in [0.717, 1.165) is 22.5 Å². The predicted molar refractivity (Wildman–Crippen MR) is 93.2 cm³/mol. The standard InChI is InChI=1S/C20H21FN2/c1-15(23(5)20(2,3)4)19-13-10-17(14-22-19)7-6-16-8-11-18(21)12-9-16/h8-14H,1H2,2-5H3. The summed E-state index contributed by atoms with van der Waals surface area (Å²) in [5, 5.41) is 0. The minimum absolute atomic E-state index is 0.0141. The summed E-state index contributed by atoms with van der Waals surface area (Å²) in [6, 6.07) is 9.95. The SMILES string of the molecule is C=C(c1ccc(C#Cc2ccc(F)cc2)cn1)N(C)C(C)(C)C. The van der Waals surface area contributed by atoms with E-state index in [1.807, 2.05) is 19.2 Å². The highest BCUT2D eigenvalue weighted by Crippen LogP contribution is 2.22. The molecule has 0 aliphatic heterocycles. The maximum Gasteiger partial charge on any atom is 0.123 e. The first-order valence-electron chi connectivity index (χ1n) is 7.44. The molecule has 2 nitrogen and oxygen atoms in total. The number of hydrogen-bond donors (Lipinski definition) is 0. The molecule has 118 valence electrons. The maximum atomic E-state index is 12.8. The van der Waals surface area contributed by atoms with Crippen molar-refractivity contribution in [1.82, 2.24) is 9.88 Å². The third kappa shape index (κ3) is 4.43. The van der Waals surface area contributed by atoms with Gasteiger partial charge in [-0.3, -0.25) is 4.98 Å². The molecule has 1 aromatic heterocycles. The highest BCUT2D eigenvalue weighted by atomic mass is 19.1. The zero-order chi connectivity index (χ0) is 17.0. The summed E-state index contributed by atoms with van der Waals surface area (Å²) in [5.41, 5.74) is 3.27. The molecule has 1 heterocycles. The predicted octanol–water partition coefficient (Wildman–Crippen LogP) is 4.32. The molecule has 0 N–H and O–H groups in total. The van der Waals surface area contributed by atoms with E-state index >= 15 is 0 Å². The summed E-state index contributed by atoms with van der Waals surface area (Å²) in [6.07, 6.45) is 1.73. The van der Waals surface area contributed by atoms with Gasteiger partial charge in [0, 0.05) is 29.9 Å². The minimum Gasteiger partial charge on any atom is -0.368 e. The van der Waals surface area contributed by atoms with Crippen LogP contribution in [0.4, 0.5) is 4.39 Å². The van der Waals surface area contributed by atoms with E-state index in [1.54, 1.807) is 18.3 Å². The molecule has 3 heteroatoms. The largest absolute Gasteiger partial charge is 0.368 e. The van der Waals surface area contributed by atoms with Crippen molar-refractivity contribution in [1.29, 1.82) is 0 Å². The first-order valence-corrected chi connectivity index (χ1v) is 7.44. The van der Waals surface area contributed by atoms with Crippen LogP contribution in [0.2, 0.25) is 0 Å². The van der Waals surface area contributed by atoms with Crippen LogP contribution >= 0.6 is 0 Å². The number of aromatic nitrogens is 1. The third-order valence-corrected chi connectivity index (χ3v) is 3.67. The highest BCUT2D eigenvalue weighted by molar-refractivity contribution is 5.59. The minimum atomic E-state index is -0.261. The molecule has 0 aliphatic rings. The second-order valence-corrected chi connectivity index (χ2v) is 6.37. The van der Waals surface area contributed by atoms with Crippen molar-refractivity contribution < 1.29 is 4.39 Å². The number of benzene rings is 1. The molecule has 0 spiro atoms. The molecule has 0 radical (unpaired) electrons. The molecule has 0 atom stereocenters. The average molecular weight is 308 g/mol. The van der Waals surface area contributed by atoms with E-state index in [0.29, 0.717) is 0 Å². The van der Waals surface area contributed by atoms with Gasteiger partial charge in [0.1, 0.15) is 5.82 Å². The van der Waals surface area contributed by atoms with Gasteiger partial charge in [0.15, 0.2) is 0 Å².